The zero-order valence-electron chi connectivity index (χ0n) is 9.01. The molecule has 0 N–H and O–H groups in total. The molecule has 0 fully saturated rings. The minimum Gasteiger partial charge on any atom is -0.481 e. The Hall–Kier alpha value is -1.62. The Labute approximate surface area is 98.0 Å². The molecule has 0 aliphatic heterocycles. The van der Waals surface area contributed by atoms with Crippen LogP contribution in [0.3, 0.4) is 0 Å². The van der Waals surface area contributed by atoms with Crippen molar-refractivity contribution < 1.29 is 4.74 Å². The normalized spacial score (nSPS) is 10.4. The lowest BCUT2D eigenvalue weighted by Gasteiger charge is -2.05. The molecule has 0 saturated heterocycles. The van der Waals surface area contributed by atoms with Crippen molar-refractivity contribution in [2.45, 2.75) is 13.5 Å². The second-order valence-corrected chi connectivity index (χ2v) is 3.55. The minimum atomic E-state index is 0.375. The Morgan fingerprint density at radius 1 is 1.44 bits per heavy atom. The maximum Gasteiger partial charge on any atom is 0.215 e. The molecule has 0 bridgehead atoms. The molecule has 84 valence electrons. The summed E-state index contributed by atoms with van der Waals surface area (Å²) in [6, 6.07) is 3.52. The zero-order chi connectivity index (χ0) is 11.5. The van der Waals surface area contributed by atoms with Crippen LogP contribution in [0.2, 0.25) is 5.15 Å². The van der Waals surface area contributed by atoms with E-state index in [2.05, 4.69) is 15.2 Å². The number of halogens is 1. The van der Waals surface area contributed by atoms with E-state index in [-0.39, 0.29) is 0 Å². The van der Waals surface area contributed by atoms with Crippen molar-refractivity contribution in [3.05, 3.63) is 23.6 Å². The van der Waals surface area contributed by atoms with Gasteiger partial charge in [0.15, 0.2) is 5.82 Å². The lowest BCUT2D eigenvalue weighted by Crippen LogP contribution is -1.97. The SMILES string of the molecule is CCn1cnnc1-c1cc(Cl)nc(OC)c1. The van der Waals surface area contributed by atoms with Crippen LogP contribution in [0, 0.1) is 0 Å². The molecule has 2 aromatic heterocycles. The molecule has 0 aliphatic carbocycles. The third kappa shape index (κ3) is 1.99. The Morgan fingerprint density at radius 3 is 2.94 bits per heavy atom. The lowest BCUT2D eigenvalue weighted by molar-refractivity contribution is 0.398. The summed E-state index contributed by atoms with van der Waals surface area (Å²) in [5, 5.41) is 8.28. The van der Waals surface area contributed by atoms with Crippen molar-refractivity contribution in [1.29, 1.82) is 0 Å². The Bertz CT molecular complexity index is 497. The summed E-state index contributed by atoms with van der Waals surface area (Å²) in [6.07, 6.45) is 1.68. The molecule has 0 saturated carbocycles. The monoisotopic (exact) mass is 238 g/mol. The van der Waals surface area contributed by atoms with Crippen molar-refractivity contribution in [2.24, 2.45) is 0 Å². The Kier molecular flexibility index (Phi) is 3.05. The van der Waals surface area contributed by atoms with Gasteiger partial charge in [-0.2, -0.15) is 0 Å². The van der Waals surface area contributed by atoms with Crippen LogP contribution in [0.15, 0.2) is 18.5 Å². The smallest absolute Gasteiger partial charge is 0.215 e. The first kappa shape index (κ1) is 10.9. The van der Waals surface area contributed by atoms with Gasteiger partial charge in [-0.05, 0) is 13.0 Å². The van der Waals surface area contributed by atoms with Gasteiger partial charge in [0.2, 0.25) is 5.88 Å². The Balaban J connectivity index is 2.51. The van der Waals surface area contributed by atoms with E-state index in [9.17, 15) is 0 Å². The van der Waals surface area contributed by atoms with Crippen LogP contribution in [-0.4, -0.2) is 26.9 Å². The van der Waals surface area contributed by atoms with Crippen LogP contribution in [0.4, 0.5) is 0 Å². The molecule has 6 heteroatoms. The highest BCUT2D eigenvalue weighted by Gasteiger charge is 2.09. The maximum atomic E-state index is 5.89. The summed E-state index contributed by atoms with van der Waals surface area (Å²) in [4.78, 5) is 4.00. The van der Waals surface area contributed by atoms with Gasteiger partial charge in [-0.25, -0.2) is 4.98 Å². The highest BCUT2D eigenvalue weighted by Crippen LogP contribution is 2.24. The van der Waals surface area contributed by atoms with Gasteiger partial charge in [0.05, 0.1) is 7.11 Å². The molecule has 0 aliphatic rings. The quantitative estimate of drug-likeness (QED) is 0.768. The average molecular weight is 239 g/mol. The number of hydrogen-bond acceptors (Lipinski definition) is 4. The molecule has 0 atom stereocenters. The number of hydrogen-bond donors (Lipinski definition) is 0. The predicted molar refractivity (Wildman–Crippen MR) is 60.5 cm³/mol. The summed E-state index contributed by atoms with van der Waals surface area (Å²) in [6.45, 7) is 2.82. The van der Waals surface area contributed by atoms with Crippen LogP contribution >= 0.6 is 11.6 Å². The van der Waals surface area contributed by atoms with Gasteiger partial charge in [-0.1, -0.05) is 11.6 Å². The first-order valence-corrected chi connectivity index (χ1v) is 5.22. The second-order valence-electron chi connectivity index (χ2n) is 3.16. The van der Waals surface area contributed by atoms with Gasteiger partial charge in [0, 0.05) is 18.2 Å². The van der Waals surface area contributed by atoms with Gasteiger partial charge in [0.25, 0.3) is 0 Å². The summed E-state index contributed by atoms with van der Waals surface area (Å²) in [5.74, 6) is 1.22. The van der Waals surface area contributed by atoms with Crippen LogP contribution in [0.5, 0.6) is 5.88 Å². The molecular weight excluding hydrogens is 228 g/mol. The molecule has 0 spiro atoms. The number of rotatable bonds is 3. The maximum absolute atomic E-state index is 5.89. The third-order valence-electron chi connectivity index (χ3n) is 2.19. The van der Waals surface area contributed by atoms with Gasteiger partial charge in [0.1, 0.15) is 11.5 Å². The van der Waals surface area contributed by atoms with Gasteiger partial charge < -0.3 is 9.30 Å². The van der Waals surface area contributed by atoms with Gasteiger partial charge >= 0.3 is 0 Å². The molecule has 0 amide bonds. The van der Waals surface area contributed by atoms with Crippen molar-refractivity contribution in [3.8, 4) is 17.3 Å². The fraction of sp³-hybridized carbons (Fsp3) is 0.300. The van der Waals surface area contributed by atoms with E-state index in [1.807, 2.05) is 11.5 Å². The number of aryl methyl sites for hydroxylation is 1. The summed E-state index contributed by atoms with van der Waals surface area (Å²) in [7, 11) is 1.55. The van der Waals surface area contributed by atoms with Crippen molar-refractivity contribution >= 4 is 11.6 Å². The molecular formula is C10H11ClN4O. The van der Waals surface area contributed by atoms with E-state index in [0.717, 1.165) is 17.9 Å². The van der Waals surface area contributed by atoms with E-state index in [0.29, 0.717) is 11.0 Å². The number of nitrogens with zero attached hydrogens (tertiary/aromatic N) is 4. The molecule has 2 aromatic rings. The van der Waals surface area contributed by atoms with Crippen LogP contribution in [-0.2, 0) is 6.54 Å². The molecule has 0 aromatic carbocycles. The van der Waals surface area contributed by atoms with E-state index in [4.69, 9.17) is 16.3 Å². The van der Waals surface area contributed by atoms with Crippen molar-refractivity contribution in [1.82, 2.24) is 19.7 Å². The highest BCUT2D eigenvalue weighted by molar-refractivity contribution is 6.29. The molecule has 2 rings (SSSR count). The highest BCUT2D eigenvalue weighted by atomic mass is 35.5. The summed E-state index contributed by atoms with van der Waals surface area (Å²) < 4.78 is 6.98. The number of methoxy groups -OCH3 is 1. The van der Waals surface area contributed by atoms with Crippen LogP contribution in [0.1, 0.15) is 6.92 Å². The van der Waals surface area contributed by atoms with Gasteiger partial charge in [-0.3, -0.25) is 0 Å². The summed E-state index contributed by atoms with van der Waals surface area (Å²) >= 11 is 5.89. The van der Waals surface area contributed by atoms with E-state index >= 15 is 0 Å². The topological polar surface area (TPSA) is 52.8 Å². The standard InChI is InChI=1S/C10H11ClN4O/c1-3-15-6-12-14-10(15)7-4-8(11)13-9(5-7)16-2/h4-6H,3H2,1-2H3. The third-order valence-corrected chi connectivity index (χ3v) is 2.39. The fourth-order valence-corrected chi connectivity index (χ4v) is 1.62. The van der Waals surface area contributed by atoms with Gasteiger partial charge in [-0.15, -0.1) is 10.2 Å². The summed E-state index contributed by atoms with van der Waals surface area (Å²) in [5.41, 5.74) is 0.844. The first-order chi connectivity index (χ1) is 7.74. The zero-order valence-corrected chi connectivity index (χ0v) is 9.77. The molecule has 2 heterocycles. The van der Waals surface area contributed by atoms with E-state index < -0.39 is 0 Å². The van der Waals surface area contributed by atoms with Crippen molar-refractivity contribution in [3.63, 3.8) is 0 Å². The largest absolute Gasteiger partial charge is 0.481 e. The van der Waals surface area contributed by atoms with E-state index in [1.165, 1.54) is 0 Å². The number of ether oxygens (including phenoxy) is 1. The fourth-order valence-electron chi connectivity index (χ4n) is 1.42. The second kappa shape index (κ2) is 4.49. The van der Waals surface area contributed by atoms with Crippen molar-refractivity contribution in [2.75, 3.05) is 7.11 Å². The lowest BCUT2D eigenvalue weighted by atomic mass is 10.2. The van der Waals surface area contributed by atoms with Crippen LogP contribution < -0.4 is 4.74 Å². The molecule has 16 heavy (non-hydrogen) atoms. The van der Waals surface area contributed by atoms with E-state index in [1.54, 1.807) is 25.6 Å². The average Bonchev–Trinajstić information content (AvgIpc) is 2.76. The molecule has 5 nitrogen and oxygen atoms in total. The predicted octanol–water partition coefficient (Wildman–Crippen LogP) is 2.02. The molecule has 0 unspecified atom stereocenters. The first-order valence-electron chi connectivity index (χ1n) is 4.84. The number of aromatic nitrogens is 4. The minimum absolute atomic E-state index is 0.375. The Morgan fingerprint density at radius 2 is 2.25 bits per heavy atom. The molecule has 0 radical (unpaired) electrons. The van der Waals surface area contributed by atoms with Crippen LogP contribution in [0.25, 0.3) is 11.4 Å². The number of pyridine rings is 1.